The highest BCUT2D eigenvalue weighted by molar-refractivity contribution is 5.84. The SMILES string of the molecule is CC1=CC[C@@H](C(C)C)C[C@@H]1c1cn(C)c2ccccc12. The third-order valence-electron chi connectivity index (χ3n) is 5.08. The van der Waals surface area contributed by atoms with Crippen LogP contribution < -0.4 is 0 Å². The predicted molar refractivity (Wildman–Crippen MR) is 87.0 cm³/mol. The molecule has 0 saturated heterocycles. The van der Waals surface area contributed by atoms with Gasteiger partial charge in [-0.15, -0.1) is 0 Å². The molecule has 1 aromatic heterocycles. The van der Waals surface area contributed by atoms with Crippen molar-refractivity contribution in [3.05, 3.63) is 47.7 Å². The van der Waals surface area contributed by atoms with Crippen molar-refractivity contribution in [1.29, 1.82) is 0 Å². The highest BCUT2D eigenvalue weighted by atomic mass is 14.9. The van der Waals surface area contributed by atoms with Crippen LogP contribution in [0.1, 0.15) is 45.1 Å². The molecule has 0 radical (unpaired) electrons. The first-order valence-corrected chi connectivity index (χ1v) is 7.78. The van der Waals surface area contributed by atoms with Crippen LogP contribution in [0.4, 0.5) is 0 Å². The average molecular weight is 267 g/mol. The first kappa shape index (κ1) is 13.5. The highest BCUT2D eigenvalue weighted by Crippen LogP contribution is 2.42. The van der Waals surface area contributed by atoms with Gasteiger partial charge >= 0.3 is 0 Å². The first-order valence-electron chi connectivity index (χ1n) is 7.78. The third-order valence-corrected chi connectivity index (χ3v) is 5.08. The number of rotatable bonds is 2. The van der Waals surface area contributed by atoms with Gasteiger partial charge in [0.2, 0.25) is 0 Å². The van der Waals surface area contributed by atoms with E-state index in [0.717, 1.165) is 11.8 Å². The Morgan fingerprint density at radius 3 is 2.70 bits per heavy atom. The van der Waals surface area contributed by atoms with E-state index in [1.165, 1.54) is 29.3 Å². The van der Waals surface area contributed by atoms with Gasteiger partial charge in [0.25, 0.3) is 0 Å². The number of hydrogen-bond donors (Lipinski definition) is 0. The maximum Gasteiger partial charge on any atom is 0.0480 e. The Bertz CT molecular complexity index is 645. The van der Waals surface area contributed by atoms with Crippen molar-refractivity contribution in [3.8, 4) is 0 Å². The molecule has 2 atom stereocenters. The second-order valence-corrected chi connectivity index (χ2v) is 6.69. The zero-order valence-corrected chi connectivity index (χ0v) is 13.1. The van der Waals surface area contributed by atoms with Gasteiger partial charge in [-0.05, 0) is 43.2 Å². The quantitative estimate of drug-likeness (QED) is 0.653. The van der Waals surface area contributed by atoms with Crippen molar-refractivity contribution in [2.75, 3.05) is 0 Å². The number of nitrogens with zero attached hydrogens (tertiary/aromatic N) is 1. The van der Waals surface area contributed by atoms with E-state index in [-0.39, 0.29) is 0 Å². The number of para-hydroxylation sites is 1. The molecule has 20 heavy (non-hydrogen) atoms. The van der Waals surface area contributed by atoms with Crippen molar-refractivity contribution < 1.29 is 0 Å². The maximum atomic E-state index is 2.47. The zero-order chi connectivity index (χ0) is 14.3. The van der Waals surface area contributed by atoms with Gasteiger partial charge < -0.3 is 4.57 Å². The molecule has 0 amide bonds. The van der Waals surface area contributed by atoms with Crippen LogP contribution in [-0.2, 0) is 7.05 Å². The molecule has 0 N–H and O–H groups in total. The summed E-state index contributed by atoms with van der Waals surface area (Å²) in [5.74, 6) is 2.20. The van der Waals surface area contributed by atoms with Crippen molar-refractivity contribution in [1.82, 2.24) is 4.57 Å². The number of allylic oxidation sites excluding steroid dienone is 2. The molecule has 3 rings (SSSR count). The minimum Gasteiger partial charge on any atom is -0.350 e. The minimum absolute atomic E-state index is 0.599. The van der Waals surface area contributed by atoms with Crippen LogP contribution in [0.5, 0.6) is 0 Å². The van der Waals surface area contributed by atoms with Gasteiger partial charge in [0.05, 0.1) is 0 Å². The fraction of sp³-hybridized carbons (Fsp3) is 0.474. The summed E-state index contributed by atoms with van der Waals surface area (Å²) in [6.45, 7) is 7.03. The van der Waals surface area contributed by atoms with Crippen LogP contribution in [-0.4, -0.2) is 4.57 Å². The molecule has 1 heterocycles. The number of fused-ring (bicyclic) bond motifs is 1. The van der Waals surface area contributed by atoms with Gasteiger partial charge in [-0.1, -0.05) is 43.7 Å². The fourth-order valence-electron chi connectivity index (χ4n) is 3.63. The van der Waals surface area contributed by atoms with Gasteiger partial charge in [0.1, 0.15) is 0 Å². The molecule has 1 heteroatoms. The van der Waals surface area contributed by atoms with Crippen LogP contribution in [0.25, 0.3) is 10.9 Å². The van der Waals surface area contributed by atoms with E-state index < -0.39 is 0 Å². The molecule has 106 valence electrons. The molecule has 1 nitrogen and oxygen atoms in total. The van der Waals surface area contributed by atoms with Gasteiger partial charge in [0, 0.05) is 30.1 Å². The standard InChI is InChI=1S/C19H25N/c1-13(2)15-10-9-14(3)17(11-15)18-12-20(4)19-8-6-5-7-16(18)19/h5-9,12-13,15,17H,10-11H2,1-4H3/t15-,17+/m1/s1. The van der Waals surface area contributed by atoms with Crippen LogP contribution in [0.15, 0.2) is 42.1 Å². The summed E-state index contributed by atoms with van der Waals surface area (Å²) in [7, 11) is 2.16. The summed E-state index contributed by atoms with van der Waals surface area (Å²) < 4.78 is 2.27. The van der Waals surface area contributed by atoms with Gasteiger partial charge in [0.15, 0.2) is 0 Å². The molecule has 1 aliphatic rings. The molecule has 0 unspecified atom stereocenters. The van der Waals surface area contributed by atoms with Gasteiger partial charge in [-0.2, -0.15) is 0 Å². The smallest absolute Gasteiger partial charge is 0.0480 e. The largest absolute Gasteiger partial charge is 0.350 e. The summed E-state index contributed by atoms with van der Waals surface area (Å²) in [6, 6.07) is 8.79. The molecule has 0 bridgehead atoms. The lowest BCUT2D eigenvalue weighted by Crippen LogP contribution is -2.17. The second kappa shape index (κ2) is 5.12. The Labute approximate surface area is 122 Å². The molecule has 0 aliphatic heterocycles. The number of aromatic nitrogens is 1. The normalized spacial score (nSPS) is 23.4. The summed E-state index contributed by atoms with van der Waals surface area (Å²) in [5, 5.41) is 1.43. The zero-order valence-electron chi connectivity index (χ0n) is 13.1. The Balaban J connectivity index is 2.06. The first-order chi connectivity index (χ1) is 9.58. The Hall–Kier alpha value is -1.50. The van der Waals surface area contributed by atoms with Gasteiger partial charge in [-0.25, -0.2) is 0 Å². The molecule has 0 saturated carbocycles. The molecular formula is C19H25N. The van der Waals surface area contributed by atoms with Gasteiger partial charge in [-0.3, -0.25) is 0 Å². The maximum absolute atomic E-state index is 2.47. The Morgan fingerprint density at radius 1 is 1.20 bits per heavy atom. The van der Waals surface area contributed by atoms with E-state index in [9.17, 15) is 0 Å². The Kier molecular flexibility index (Phi) is 3.45. The molecule has 1 aliphatic carbocycles. The summed E-state index contributed by atoms with van der Waals surface area (Å²) >= 11 is 0. The summed E-state index contributed by atoms with van der Waals surface area (Å²) in [6.07, 6.45) is 7.37. The predicted octanol–water partition coefficient (Wildman–Crippen LogP) is 5.27. The van der Waals surface area contributed by atoms with Crippen LogP contribution in [0.3, 0.4) is 0 Å². The topological polar surface area (TPSA) is 4.93 Å². The fourth-order valence-corrected chi connectivity index (χ4v) is 3.63. The highest BCUT2D eigenvalue weighted by Gasteiger charge is 2.27. The van der Waals surface area contributed by atoms with E-state index in [1.807, 2.05) is 0 Å². The lowest BCUT2D eigenvalue weighted by atomic mass is 9.74. The summed E-state index contributed by atoms with van der Waals surface area (Å²) in [4.78, 5) is 0. The molecule has 0 fully saturated rings. The van der Waals surface area contributed by atoms with E-state index in [1.54, 1.807) is 5.57 Å². The third kappa shape index (κ3) is 2.19. The molecule has 1 aromatic carbocycles. The van der Waals surface area contributed by atoms with E-state index in [2.05, 4.69) is 68.9 Å². The lowest BCUT2D eigenvalue weighted by Gasteiger charge is -2.31. The van der Waals surface area contributed by atoms with E-state index in [4.69, 9.17) is 0 Å². The minimum atomic E-state index is 0.599. The van der Waals surface area contributed by atoms with E-state index >= 15 is 0 Å². The van der Waals surface area contributed by atoms with Crippen molar-refractivity contribution >= 4 is 10.9 Å². The molecule has 0 spiro atoms. The summed E-state index contributed by atoms with van der Waals surface area (Å²) in [5.41, 5.74) is 4.42. The van der Waals surface area contributed by atoms with Crippen LogP contribution in [0.2, 0.25) is 0 Å². The Morgan fingerprint density at radius 2 is 1.95 bits per heavy atom. The number of benzene rings is 1. The molecule has 2 aromatic rings. The second-order valence-electron chi connectivity index (χ2n) is 6.69. The van der Waals surface area contributed by atoms with Crippen molar-refractivity contribution in [3.63, 3.8) is 0 Å². The van der Waals surface area contributed by atoms with Crippen molar-refractivity contribution in [2.45, 2.75) is 39.5 Å². The van der Waals surface area contributed by atoms with Crippen LogP contribution in [0, 0.1) is 11.8 Å². The van der Waals surface area contributed by atoms with Crippen LogP contribution >= 0.6 is 0 Å². The molecular weight excluding hydrogens is 242 g/mol. The van der Waals surface area contributed by atoms with E-state index in [0.29, 0.717) is 5.92 Å². The number of hydrogen-bond acceptors (Lipinski definition) is 0. The number of aryl methyl sites for hydroxylation is 1. The average Bonchev–Trinajstić information content (AvgIpc) is 2.77. The monoisotopic (exact) mass is 267 g/mol. The lowest BCUT2D eigenvalue weighted by molar-refractivity contribution is 0.333. The van der Waals surface area contributed by atoms with Crippen molar-refractivity contribution in [2.24, 2.45) is 18.9 Å².